The fraction of sp³-hybridized carbons (Fsp3) is 0.250. The van der Waals surface area contributed by atoms with E-state index < -0.39 is 5.97 Å². The van der Waals surface area contributed by atoms with Gasteiger partial charge in [-0.25, -0.2) is 4.79 Å². The maximum atomic E-state index is 11.5. The summed E-state index contributed by atoms with van der Waals surface area (Å²) in [7, 11) is 1.72. The van der Waals surface area contributed by atoms with Crippen LogP contribution in [0.1, 0.15) is 18.9 Å². The lowest BCUT2D eigenvalue weighted by molar-refractivity contribution is -0.130. The molecule has 2 aromatic carbocycles. The SMILES string of the molecule is C=C(C)C(=O)Oc1ccc(-c2ccc(CCCOC)cc2)cc1. The molecule has 0 N–H and O–H groups in total. The van der Waals surface area contributed by atoms with Crippen LogP contribution in [0, 0.1) is 0 Å². The second-order valence-electron chi connectivity index (χ2n) is 5.49. The minimum atomic E-state index is -0.404. The Kier molecular flexibility index (Phi) is 6.12. The Morgan fingerprint density at radius 1 is 1.00 bits per heavy atom. The van der Waals surface area contributed by atoms with Gasteiger partial charge in [0.05, 0.1) is 0 Å². The molecule has 3 nitrogen and oxygen atoms in total. The van der Waals surface area contributed by atoms with E-state index in [4.69, 9.17) is 9.47 Å². The molecule has 0 aliphatic rings. The molecule has 0 heterocycles. The summed E-state index contributed by atoms with van der Waals surface area (Å²) >= 11 is 0. The molecule has 0 unspecified atom stereocenters. The van der Waals surface area contributed by atoms with Gasteiger partial charge in [0.25, 0.3) is 0 Å². The zero-order valence-corrected chi connectivity index (χ0v) is 13.7. The number of aryl methyl sites for hydroxylation is 1. The van der Waals surface area contributed by atoms with E-state index >= 15 is 0 Å². The van der Waals surface area contributed by atoms with Gasteiger partial charge in [0.1, 0.15) is 5.75 Å². The molecule has 3 heteroatoms. The second-order valence-corrected chi connectivity index (χ2v) is 5.49. The van der Waals surface area contributed by atoms with Gasteiger partial charge in [0.15, 0.2) is 0 Å². The van der Waals surface area contributed by atoms with Crippen LogP contribution in [0.25, 0.3) is 11.1 Å². The number of hydrogen-bond acceptors (Lipinski definition) is 3. The first-order valence-corrected chi connectivity index (χ1v) is 7.66. The smallest absolute Gasteiger partial charge is 0.338 e. The average Bonchev–Trinajstić information content (AvgIpc) is 2.56. The number of methoxy groups -OCH3 is 1. The molecule has 0 radical (unpaired) electrons. The van der Waals surface area contributed by atoms with Crippen LogP contribution in [0.3, 0.4) is 0 Å². The monoisotopic (exact) mass is 310 g/mol. The first-order chi connectivity index (χ1) is 11.1. The van der Waals surface area contributed by atoms with Crippen LogP contribution < -0.4 is 4.74 Å². The Bertz CT molecular complexity index is 654. The molecule has 2 aromatic rings. The molecule has 0 bridgehead atoms. The highest BCUT2D eigenvalue weighted by Crippen LogP contribution is 2.23. The summed E-state index contributed by atoms with van der Waals surface area (Å²) in [5, 5.41) is 0. The van der Waals surface area contributed by atoms with E-state index in [-0.39, 0.29) is 0 Å². The maximum absolute atomic E-state index is 11.5. The highest BCUT2D eigenvalue weighted by molar-refractivity contribution is 5.88. The Labute approximate surface area is 137 Å². The Morgan fingerprint density at radius 2 is 1.57 bits per heavy atom. The molecule has 0 aliphatic carbocycles. The summed E-state index contributed by atoms with van der Waals surface area (Å²) < 4.78 is 10.3. The molecule has 0 aliphatic heterocycles. The maximum Gasteiger partial charge on any atom is 0.338 e. The van der Waals surface area contributed by atoms with Gasteiger partial charge >= 0.3 is 5.97 Å². The molecule has 0 amide bonds. The first-order valence-electron chi connectivity index (χ1n) is 7.66. The largest absolute Gasteiger partial charge is 0.423 e. The molecule has 0 saturated carbocycles. The van der Waals surface area contributed by atoms with Crippen molar-refractivity contribution in [2.24, 2.45) is 0 Å². The lowest BCUT2D eigenvalue weighted by atomic mass is 10.0. The van der Waals surface area contributed by atoms with E-state index in [1.165, 1.54) is 5.56 Å². The van der Waals surface area contributed by atoms with Crippen molar-refractivity contribution in [2.45, 2.75) is 19.8 Å². The van der Waals surface area contributed by atoms with Crippen molar-refractivity contribution in [1.29, 1.82) is 0 Å². The van der Waals surface area contributed by atoms with E-state index in [0.29, 0.717) is 11.3 Å². The average molecular weight is 310 g/mol. The fourth-order valence-electron chi connectivity index (χ4n) is 2.19. The van der Waals surface area contributed by atoms with Crippen molar-refractivity contribution < 1.29 is 14.3 Å². The standard InChI is InChI=1S/C20H22O3/c1-15(2)20(21)23-19-12-10-18(11-13-19)17-8-6-16(7-9-17)5-4-14-22-3/h6-13H,1,4-5,14H2,2-3H3. The molecule has 0 saturated heterocycles. The van der Waals surface area contributed by atoms with Gasteiger partial charge in [-0.15, -0.1) is 0 Å². The third kappa shape index (κ3) is 5.08. The van der Waals surface area contributed by atoms with Crippen LogP contribution in [0.5, 0.6) is 5.75 Å². The summed E-state index contributed by atoms with van der Waals surface area (Å²) in [6, 6.07) is 16.0. The quantitative estimate of drug-likeness (QED) is 0.329. The van der Waals surface area contributed by atoms with Gasteiger partial charge in [-0.1, -0.05) is 43.0 Å². The van der Waals surface area contributed by atoms with Crippen LogP contribution in [-0.2, 0) is 16.0 Å². The lowest BCUT2D eigenvalue weighted by Crippen LogP contribution is -2.07. The highest BCUT2D eigenvalue weighted by Gasteiger charge is 2.05. The van der Waals surface area contributed by atoms with Gasteiger partial charge in [0.2, 0.25) is 0 Å². The zero-order chi connectivity index (χ0) is 16.7. The van der Waals surface area contributed by atoms with E-state index in [0.717, 1.165) is 30.6 Å². The number of carbonyl (C=O) groups is 1. The van der Waals surface area contributed by atoms with Crippen LogP contribution in [0.15, 0.2) is 60.7 Å². The van der Waals surface area contributed by atoms with E-state index in [2.05, 4.69) is 30.8 Å². The predicted molar refractivity (Wildman–Crippen MR) is 92.5 cm³/mol. The number of hydrogen-bond donors (Lipinski definition) is 0. The predicted octanol–water partition coefficient (Wildman–Crippen LogP) is 4.41. The first kappa shape index (κ1) is 17.0. The number of esters is 1. The van der Waals surface area contributed by atoms with Gasteiger partial charge in [-0.05, 0) is 48.6 Å². The number of rotatable bonds is 7. The summed E-state index contributed by atoms with van der Waals surface area (Å²) in [4.78, 5) is 11.5. The van der Waals surface area contributed by atoms with Crippen LogP contribution in [-0.4, -0.2) is 19.7 Å². The molecular weight excluding hydrogens is 288 g/mol. The van der Waals surface area contributed by atoms with Gasteiger partial charge in [0, 0.05) is 19.3 Å². The zero-order valence-electron chi connectivity index (χ0n) is 13.7. The van der Waals surface area contributed by atoms with Crippen molar-refractivity contribution in [3.05, 3.63) is 66.2 Å². The van der Waals surface area contributed by atoms with Gasteiger partial charge in [-0.3, -0.25) is 0 Å². The molecule has 0 spiro atoms. The van der Waals surface area contributed by atoms with E-state index in [1.54, 1.807) is 26.2 Å². The van der Waals surface area contributed by atoms with Crippen LogP contribution >= 0.6 is 0 Å². The molecule has 120 valence electrons. The van der Waals surface area contributed by atoms with Crippen molar-refractivity contribution >= 4 is 5.97 Å². The lowest BCUT2D eigenvalue weighted by Gasteiger charge is -2.07. The van der Waals surface area contributed by atoms with Crippen molar-refractivity contribution in [3.63, 3.8) is 0 Å². The fourth-order valence-corrected chi connectivity index (χ4v) is 2.19. The topological polar surface area (TPSA) is 35.5 Å². The number of ether oxygens (including phenoxy) is 2. The van der Waals surface area contributed by atoms with Crippen molar-refractivity contribution in [1.82, 2.24) is 0 Å². The summed E-state index contributed by atoms with van der Waals surface area (Å²) in [6.07, 6.45) is 2.04. The molecule has 2 rings (SSSR count). The number of carbonyl (C=O) groups excluding carboxylic acids is 1. The summed E-state index contributed by atoms with van der Waals surface area (Å²) in [5.74, 6) is 0.121. The van der Waals surface area contributed by atoms with Gasteiger partial charge < -0.3 is 9.47 Å². The van der Waals surface area contributed by atoms with E-state index in [1.807, 2.05) is 12.1 Å². The van der Waals surface area contributed by atoms with Gasteiger partial charge in [-0.2, -0.15) is 0 Å². The van der Waals surface area contributed by atoms with E-state index in [9.17, 15) is 4.79 Å². The minimum absolute atomic E-state index is 0.387. The minimum Gasteiger partial charge on any atom is -0.423 e. The normalized spacial score (nSPS) is 10.3. The van der Waals surface area contributed by atoms with Crippen LogP contribution in [0.2, 0.25) is 0 Å². The third-order valence-corrected chi connectivity index (χ3v) is 3.51. The van der Waals surface area contributed by atoms with Crippen molar-refractivity contribution in [3.8, 4) is 16.9 Å². The van der Waals surface area contributed by atoms with Crippen molar-refractivity contribution in [2.75, 3.05) is 13.7 Å². The molecule has 0 atom stereocenters. The Morgan fingerprint density at radius 3 is 2.09 bits per heavy atom. The second kappa shape index (κ2) is 8.30. The number of benzene rings is 2. The third-order valence-electron chi connectivity index (χ3n) is 3.51. The Hall–Kier alpha value is -2.39. The molecular formula is C20H22O3. The molecule has 0 aromatic heterocycles. The summed E-state index contributed by atoms with van der Waals surface area (Å²) in [5.41, 5.74) is 3.91. The molecule has 0 fully saturated rings. The Balaban J connectivity index is 2.01. The molecule has 23 heavy (non-hydrogen) atoms. The van der Waals surface area contributed by atoms with Crippen LogP contribution in [0.4, 0.5) is 0 Å². The highest BCUT2D eigenvalue weighted by atomic mass is 16.5. The summed E-state index contributed by atoms with van der Waals surface area (Å²) in [6.45, 7) is 5.98.